The summed E-state index contributed by atoms with van der Waals surface area (Å²) < 4.78 is 41.4. The van der Waals surface area contributed by atoms with E-state index in [1.165, 1.54) is 12.3 Å². The van der Waals surface area contributed by atoms with Gasteiger partial charge in [0.25, 0.3) is 5.91 Å². The normalized spacial score (nSPS) is 11.3. The molecule has 100 valence electrons. The topological polar surface area (TPSA) is 80.9 Å². The number of carbonyl (C=O) groups is 1. The Bertz CT molecular complexity index is 597. The molecule has 9 heteroatoms. The Hall–Kier alpha value is -2.16. The van der Waals surface area contributed by atoms with E-state index in [1.54, 1.807) is 0 Å². The van der Waals surface area contributed by atoms with Gasteiger partial charge in [-0.2, -0.15) is 13.2 Å². The fraction of sp³-hybridized carbons (Fsp3) is 0.100. The predicted molar refractivity (Wildman–Crippen MR) is 63.7 cm³/mol. The molecule has 0 saturated heterocycles. The standard InChI is InChI=1S/C10H7F3N4OS/c11-10(12,13)6-3-1-2-5(8(6)14)9(18)16-7-4-15-17-19-7/h1-4H,14H2,(H,16,18). The number of nitrogens with one attached hydrogen (secondary N) is 1. The lowest BCUT2D eigenvalue weighted by Gasteiger charge is -2.12. The Morgan fingerprint density at radius 3 is 2.68 bits per heavy atom. The summed E-state index contributed by atoms with van der Waals surface area (Å²) in [6, 6.07) is 3.16. The first-order valence-corrected chi connectivity index (χ1v) is 5.71. The molecule has 5 nitrogen and oxygen atoms in total. The number of nitrogens with two attached hydrogens (primary N) is 1. The van der Waals surface area contributed by atoms with Crippen molar-refractivity contribution >= 4 is 28.1 Å². The second kappa shape index (κ2) is 4.84. The summed E-state index contributed by atoms with van der Waals surface area (Å²) in [5.74, 6) is -0.741. The molecule has 1 amide bonds. The van der Waals surface area contributed by atoms with Crippen molar-refractivity contribution in [3.63, 3.8) is 0 Å². The minimum absolute atomic E-state index is 0.247. The fourth-order valence-corrected chi connectivity index (χ4v) is 1.83. The fourth-order valence-electron chi connectivity index (χ4n) is 1.41. The molecular formula is C10H7F3N4OS. The molecule has 0 saturated carbocycles. The van der Waals surface area contributed by atoms with Crippen molar-refractivity contribution in [3.05, 3.63) is 35.5 Å². The molecule has 0 bridgehead atoms. The zero-order chi connectivity index (χ0) is 14.0. The largest absolute Gasteiger partial charge is 0.418 e. The molecule has 0 fully saturated rings. The van der Waals surface area contributed by atoms with Gasteiger partial charge in [-0.1, -0.05) is 10.6 Å². The summed E-state index contributed by atoms with van der Waals surface area (Å²) in [5, 5.41) is 6.18. The molecule has 1 aromatic heterocycles. The number of benzene rings is 1. The monoisotopic (exact) mass is 288 g/mol. The second-order valence-corrected chi connectivity index (χ2v) is 4.29. The van der Waals surface area contributed by atoms with Gasteiger partial charge in [-0.25, -0.2) is 0 Å². The van der Waals surface area contributed by atoms with Crippen LogP contribution < -0.4 is 11.1 Å². The number of rotatable bonds is 2. The van der Waals surface area contributed by atoms with Crippen LogP contribution in [0.3, 0.4) is 0 Å². The summed E-state index contributed by atoms with van der Waals surface area (Å²) in [4.78, 5) is 11.8. The van der Waals surface area contributed by atoms with Crippen LogP contribution in [0, 0.1) is 0 Å². The molecule has 0 aliphatic rings. The second-order valence-electron chi connectivity index (χ2n) is 3.50. The number of aromatic nitrogens is 2. The third-order valence-electron chi connectivity index (χ3n) is 2.25. The lowest BCUT2D eigenvalue weighted by Crippen LogP contribution is -2.17. The molecule has 2 rings (SSSR count). The number of nitrogens with zero attached hydrogens (tertiary/aromatic N) is 2. The van der Waals surface area contributed by atoms with E-state index >= 15 is 0 Å². The van der Waals surface area contributed by atoms with Crippen molar-refractivity contribution < 1.29 is 18.0 Å². The molecule has 3 N–H and O–H groups in total. The van der Waals surface area contributed by atoms with Crippen molar-refractivity contribution in [2.45, 2.75) is 6.18 Å². The molecule has 19 heavy (non-hydrogen) atoms. The highest BCUT2D eigenvalue weighted by molar-refractivity contribution is 7.10. The van der Waals surface area contributed by atoms with E-state index in [1.807, 2.05) is 0 Å². The summed E-state index contributed by atoms with van der Waals surface area (Å²) in [7, 11) is 0. The molecule has 0 radical (unpaired) electrons. The summed E-state index contributed by atoms with van der Waals surface area (Å²) in [6.45, 7) is 0. The molecule has 0 spiro atoms. The van der Waals surface area contributed by atoms with Crippen LogP contribution in [0.25, 0.3) is 0 Å². The first-order chi connectivity index (χ1) is 8.89. The maximum absolute atomic E-state index is 12.6. The first-order valence-electron chi connectivity index (χ1n) is 4.94. The van der Waals surface area contributed by atoms with Crippen molar-refractivity contribution in [1.29, 1.82) is 0 Å². The van der Waals surface area contributed by atoms with E-state index in [4.69, 9.17) is 5.73 Å². The van der Waals surface area contributed by atoms with Crippen LogP contribution in [0.15, 0.2) is 24.4 Å². The van der Waals surface area contributed by atoms with Gasteiger partial charge in [0.1, 0.15) is 5.00 Å². The minimum Gasteiger partial charge on any atom is -0.398 e. The summed E-state index contributed by atoms with van der Waals surface area (Å²) in [6.07, 6.45) is -3.32. The zero-order valence-corrected chi connectivity index (χ0v) is 10.0. The molecule has 0 atom stereocenters. The van der Waals surface area contributed by atoms with Gasteiger partial charge in [-0.3, -0.25) is 4.79 Å². The molecule has 0 aliphatic heterocycles. The lowest BCUT2D eigenvalue weighted by atomic mass is 10.1. The van der Waals surface area contributed by atoms with Gasteiger partial charge in [0.2, 0.25) is 0 Å². The highest BCUT2D eigenvalue weighted by Crippen LogP contribution is 2.35. The third kappa shape index (κ3) is 2.81. The van der Waals surface area contributed by atoms with Crippen LogP contribution in [0.4, 0.5) is 23.9 Å². The van der Waals surface area contributed by atoms with Crippen LogP contribution in [0.1, 0.15) is 15.9 Å². The number of alkyl halides is 3. The van der Waals surface area contributed by atoms with E-state index in [0.717, 1.165) is 23.7 Å². The van der Waals surface area contributed by atoms with Gasteiger partial charge in [-0.15, -0.1) is 5.10 Å². The molecule has 0 aliphatic carbocycles. The quantitative estimate of drug-likeness (QED) is 0.831. The van der Waals surface area contributed by atoms with Crippen molar-refractivity contribution in [2.75, 3.05) is 11.1 Å². The van der Waals surface area contributed by atoms with Gasteiger partial charge in [0, 0.05) is 11.5 Å². The smallest absolute Gasteiger partial charge is 0.398 e. The van der Waals surface area contributed by atoms with Gasteiger partial charge in [-0.05, 0) is 12.1 Å². The molecule has 2 aromatic rings. The average Bonchev–Trinajstić information content (AvgIpc) is 2.80. The highest BCUT2D eigenvalue weighted by atomic mass is 32.1. The Labute approximate surface area is 109 Å². The van der Waals surface area contributed by atoms with Crippen molar-refractivity contribution in [2.24, 2.45) is 0 Å². The maximum Gasteiger partial charge on any atom is 0.418 e. The van der Waals surface area contributed by atoms with Crippen LogP contribution in [0.5, 0.6) is 0 Å². The van der Waals surface area contributed by atoms with E-state index in [9.17, 15) is 18.0 Å². The molecule has 1 heterocycles. The third-order valence-corrected chi connectivity index (χ3v) is 2.83. The first kappa shape index (κ1) is 13.3. The lowest BCUT2D eigenvalue weighted by molar-refractivity contribution is -0.136. The average molecular weight is 288 g/mol. The number of nitrogen functional groups attached to an aromatic ring is 1. The van der Waals surface area contributed by atoms with Crippen LogP contribution in [-0.4, -0.2) is 15.5 Å². The van der Waals surface area contributed by atoms with E-state index in [-0.39, 0.29) is 5.56 Å². The number of hydrogen-bond donors (Lipinski definition) is 2. The number of anilines is 2. The van der Waals surface area contributed by atoms with Gasteiger partial charge in [0.15, 0.2) is 0 Å². The van der Waals surface area contributed by atoms with E-state index < -0.39 is 23.3 Å². The number of hydrogen-bond acceptors (Lipinski definition) is 5. The van der Waals surface area contributed by atoms with Crippen LogP contribution in [-0.2, 0) is 6.18 Å². The number of halogens is 3. The Kier molecular flexibility index (Phi) is 3.38. The Morgan fingerprint density at radius 2 is 2.11 bits per heavy atom. The van der Waals surface area contributed by atoms with E-state index in [2.05, 4.69) is 14.9 Å². The van der Waals surface area contributed by atoms with Crippen molar-refractivity contribution in [3.8, 4) is 0 Å². The Morgan fingerprint density at radius 1 is 1.37 bits per heavy atom. The van der Waals surface area contributed by atoms with Crippen LogP contribution in [0.2, 0.25) is 0 Å². The molecular weight excluding hydrogens is 281 g/mol. The van der Waals surface area contributed by atoms with Gasteiger partial charge >= 0.3 is 6.18 Å². The summed E-state index contributed by atoms with van der Waals surface area (Å²) in [5.41, 5.74) is 3.50. The van der Waals surface area contributed by atoms with E-state index in [0.29, 0.717) is 5.00 Å². The molecule has 1 aromatic carbocycles. The van der Waals surface area contributed by atoms with Crippen molar-refractivity contribution in [1.82, 2.24) is 9.59 Å². The predicted octanol–water partition coefficient (Wildman–Crippen LogP) is 2.39. The maximum atomic E-state index is 12.6. The zero-order valence-electron chi connectivity index (χ0n) is 9.23. The summed E-state index contributed by atoms with van der Waals surface area (Å²) >= 11 is 0.905. The van der Waals surface area contributed by atoms with Gasteiger partial charge in [0.05, 0.1) is 23.0 Å². The van der Waals surface area contributed by atoms with Gasteiger partial charge < -0.3 is 11.1 Å². The SMILES string of the molecule is Nc1c(C(=O)Nc2cnns2)cccc1C(F)(F)F. The highest BCUT2D eigenvalue weighted by Gasteiger charge is 2.34. The van der Waals surface area contributed by atoms with Crippen LogP contribution >= 0.6 is 11.5 Å². The number of amides is 1. The minimum atomic E-state index is -4.60. The molecule has 0 unspecified atom stereocenters. The Balaban J connectivity index is 2.33. The number of para-hydroxylation sites is 1. The number of carbonyl (C=O) groups excluding carboxylic acids is 1.